The standard InChI is InChI=1S/C20H22FN5O4/c1-29-9-10-30-20-13(3-2-8-23-20)12-24-19(28)16-11-17(18(22)27)26(25-16)15-6-4-14(21)5-7-15/h2-8,17H,9-12H2,1H3,(H2,22,27)(H,24,28). The first kappa shape index (κ1) is 21.2. The van der Waals surface area contributed by atoms with E-state index in [1.165, 1.54) is 29.3 Å². The highest BCUT2D eigenvalue weighted by molar-refractivity contribution is 6.40. The second-order valence-corrected chi connectivity index (χ2v) is 6.48. The SMILES string of the molecule is COCCOc1ncccc1CNC(=O)C1=NN(c2ccc(F)cc2)C(C(N)=O)C1. The average molecular weight is 415 g/mol. The van der Waals surface area contributed by atoms with E-state index >= 15 is 0 Å². The lowest BCUT2D eigenvalue weighted by Gasteiger charge is -2.20. The third-order valence-corrected chi connectivity index (χ3v) is 4.41. The topological polar surface area (TPSA) is 119 Å². The zero-order valence-corrected chi connectivity index (χ0v) is 16.4. The molecule has 0 bridgehead atoms. The zero-order chi connectivity index (χ0) is 21.5. The number of hydrogen-bond acceptors (Lipinski definition) is 7. The van der Waals surface area contributed by atoms with Gasteiger partial charge >= 0.3 is 0 Å². The van der Waals surface area contributed by atoms with E-state index in [1.54, 1.807) is 25.4 Å². The van der Waals surface area contributed by atoms with Crippen molar-refractivity contribution >= 4 is 23.2 Å². The van der Waals surface area contributed by atoms with E-state index in [4.69, 9.17) is 15.2 Å². The van der Waals surface area contributed by atoms with E-state index in [-0.39, 0.29) is 18.7 Å². The van der Waals surface area contributed by atoms with Gasteiger partial charge in [-0.3, -0.25) is 14.6 Å². The molecule has 1 aromatic carbocycles. The third kappa shape index (κ3) is 5.09. The van der Waals surface area contributed by atoms with Crippen molar-refractivity contribution in [2.24, 2.45) is 10.8 Å². The molecule has 30 heavy (non-hydrogen) atoms. The molecule has 1 unspecified atom stereocenters. The number of carbonyl (C=O) groups is 2. The molecule has 2 amide bonds. The normalized spacial score (nSPS) is 15.6. The molecule has 3 N–H and O–H groups in total. The maximum absolute atomic E-state index is 13.2. The van der Waals surface area contributed by atoms with Gasteiger partial charge in [-0.1, -0.05) is 6.07 Å². The van der Waals surface area contributed by atoms with E-state index in [1.807, 2.05) is 0 Å². The first-order valence-electron chi connectivity index (χ1n) is 9.25. The molecular formula is C20H22FN5O4. The molecule has 3 rings (SSSR count). The first-order chi connectivity index (χ1) is 14.5. The van der Waals surface area contributed by atoms with Crippen LogP contribution in [0.1, 0.15) is 12.0 Å². The van der Waals surface area contributed by atoms with Crippen molar-refractivity contribution in [2.75, 3.05) is 25.3 Å². The third-order valence-electron chi connectivity index (χ3n) is 4.41. The number of carbonyl (C=O) groups excluding carboxylic acids is 2. The van der Waals surface area contributed by atoms with Gasteiger partial charge in [-0.2, -0.15) is 5.10 Å². The summed E-state index contributed by atoms with van der Waals surface area (Å²) in [5.41, 5.74) is 6.76. The van der Waals surface area contributed by atoms with Crippen LogP contribution >= 0.6 is 0 Å². The number of anilines is 1. The minimum Gasteiger partial charge on any atom is -0.475 e. The van der Waals surface area contributed by atoms with Crippen LogP contribution in [0, 0.1) is 5.82 Å². The van der Waals surface area contributed by atoms with Gasteiger partial charge in [0.25, 0.3) is 5.91 Å². The fourth-order valence-corrected chi connectivity index (χ4v) is 2.89. The van der Waals surface area contributed by atoms with Gasteiger partial charge in [-0.15, -0.1) is 0 Å². The molecule has 1 aliphatic heterocycles. The maximum atomic E-state index is 13.2. The number of benzene rings is 1. The summed E-state index contributed by atoms with van der Waals surface area (Å²) in [5.74, 6) is -1.11. The molecule has 9 nitrogen and oxygen atoms in total. The van der Waals surface area contributed by atoms with Crippen LogP contribution in [0.4, 0.5) is 10.1 Å². The molecule has 0 saturated carbocycles. The highest BCUT2D eigenvalue weighted by Gasteiger charge is 2.35. The van der Waals surface area contributed by atoms with E-state index in [9.17, 15) is 14.0 Å². The molecule has 0 saturated heterocycles. The van der Waals surface area contributed by atoms with Crippen LogP contribution in [-0.4, -0.2) is 48.9 Å². The summed E-state index contributed by atoms with van der Waals surface area (Å²) in [6.45, 7) is 0.896. The van der Waals surface area contributed by atoms with Crippen LogP contribution < -0.4 is 20.8 Å². The second-order valence-electron chi connectivity index (χ2n) is 6.48. The monoisotopic (exact) mass is 415 g/mol. The van der Waals surface area contributed by atoms with Crippen LogP contribution in [0.5, 0.6) is 5.88 Å². The van der Waals surface area contributed by atoms with Crippen molar-refractivity contribution in [1.82, 2.24) is 10.3 Å². The minimum absolute atomic E-state index is 0.0444. The number of primary amides is 1. The molecule has 158 valence electrons. The molecule has 1 aromatic heterocycles. The Morgan fingerprint density at radius 1 is 1.27 bits per heavy atom. The number of pyridine rings is 1. The van der Waals surface area contributed by atoms with Crippen molar-refractivity contribution in [3.63, 3.8) is 0 Å². The van der Waals surface area contributed by atoms with Crippen LogP contribution in [0.15, 0.2) is 47.7 Å². The Balaban J connectivity index is 1.69. The number of nitrogens with zero attached hydrogens (tertiary/aromatic N) is 3. The number of ether oxygens (including phenoxy) is 2. The Kier molecular flexibility index (Phi) is 6.91. The fraction of sp³-hybridized carbons (Fsp3) is 0.300. The predicted molar refractivity (Wildman–Crippen MR) is 107 cm³/mol. The van der Waals surface area contributed by atoms with Crippen molar-refractivity contribution in [3.8, 4) is 5.88 Å². The molecule has 0 spiro atoms. The van der Waals surface area contributed by atoms with Gasteiger partial charge in [-0.25, -0.2) is 9.37 Å². The Morgan fingerprint density at radius 3 is 2.73 bits per heavy atom. The number of aromatic nitrogens is 1. The number of amides is 2. The number of hydrogen-bond donors (Lipinski definition) is 2. The zero-order valence-electron chi connectivity index (χ0n) is 16.4. The lowest BCUT2D eigenvalue weighted by atomic mass is 10.1. The Morgan fingerprint density at radius 2 is 2.03 bits per heavy atom. The number of hydrazone groups is 1. The number of methoxy groups -OCH3 is 1. The summed E-state index contributed by atoms with van der Waals surface area (Å²) in [4.78, 5) is 28.6. The van der Waals surface area contributed by atoms with Crippen molar-refractivity contribution in [1.29, 1.82) is 0 Å². The highest BCUT2D eigenvalue weighted by atomic mass is 19.1. The second kappa shape index (κ2) is 9.79. The highest BCUT2D eigenvalue weighted by Crippen LogP contribution is 2.25. The summed E-state index contributed by atoms with van der Waals surface area (Å²) >= 11 is 0. The van der Waals surface area contributed by atoms with Crippen molar-refractivity contribution in [3.05, 3.63) is 54.0 Å². The smallest absolute Gasteiger partial charge is 0.267 e. The lowest BCUT2D eigenvalue weighted by Crippen LogP contribution is -2.39. The maximum Gasteiger partial charge on any atom is 0.267 e. The van der Waals surface area contributed by atoms with Gasteiger partial charge in [0.05, 0.1) is 12.3 Å². The number of rotatable bonds is 9. The minimum atomic E-state index is -0.831. The summed E-state index contributed by atoms with van der Waals surface area (Å²) in [6.07, 6.45) is 1.63. The Bertz CT molecular complexity index is 935. The van der Waals surface area contributed by atoms with Gasteiger partial charge in [0.1, 0.15) is 24.2 Å². The summed E-state index contributed by atoms with van der Waals surface area (Å²) in [7, 11) is 1.57. The molecule has 1 atom stereocenters. The van der Waals surface area contributed by atoms with Gasteiger partial charge in [-0.05, 0) is 30.3 Å². The number of nitrogens with one attached hydrogen (secondary N) is 1. The molecule has 0 aliphatic carbocycles. The number of halogens is 1. The molecule has 10 heteroatoms. The van der Waals surface area contributed by atoms with Crippen LogP contribution in [0.2, 0.25) is 0 Å². The van der Waals surface area contributed by atoms with Crippen LogP contribution in [-0.2, 0) is 20.9 Å². The molecule has 0 fully saturated rings. The average Bonchev–Trinajstić information content (AvgIpc) is 3.19. The molecular weight excluding hydrogens is 393 g/mol. The summed E-state index contributed by atoms with van der Waals surface area (Å²) in [5, 5.41) is 8.32. The quantitative estimate of drug-likeness (QED) is 0.590. The number of nitrogens with two attached hydrogens (primary N) is 1. The summed E-state index contributed by atoms with van der Waals surface area (Å²) < 4.78 is 23.7. The fourth-order valence-electron chi connectivity index (χ4n) is 2.89. The Hall–Kier alpha value is -3.53. The van der Waals surface area contributed by atoms with E-state index < -0.39 is 23.7 Å². The van der Waals surface area contributed by atoms with Crippen LogP contribution in [0.25, 0.3) is 0 Å². The Labute approximate surface area is 172 Å². The molecule has 1 aliphatic rings. The van der Waals surface area contributed by atoms with Gasteiger partial charge in [0.2, 0.25) is 11.8 Å². The lowest BCUT2D eigenvalue weighted by molar-refractivity contribution is -0.119. The summed E-state index contributed by atoms with van der Waals surface area (Å²) in [6, 6.07) is 8.11. The largest absolute Gasteiger partial charge is 0.475 e. The molecule has 2 heterocycles. The van der Waals surface area contributed by atoms with Crippen molar-refractivity contribution in [2.45, 2.75) is 19.0 Å². The predicted octanol–water partition coefficient (Wildman–Crippen LogP) is 0.982. The van der Waals surface area contributed by atoms with Crippen LogP contribution in [0.3, 0.4) is 0 Å². The molecule has 2 aromatic rings. The van der Waals surface area contributed by atoms with Gasteiger partial charge < -0.3 is 20.5 Å². The first-order valence-corrected chi connectivity index (χ1v) is 9.25. The van der Waals surface area contributed by atoms with Crippen molar-refractivity contribution < 1.29 is 23.5 Å². The van der Waals surface area contributed by atoms with Gasteiger partial charge in [0, 0.05) is 31.8 Å². The van der Waals surface area contributed by atoms with E-state index in [0.717, 1.165) is 0 Å². The molecule has 0 radical (unpaired) electrons. The van der Waals surface area contributed by atoms with E-state index in [2.05, 4.69) is 15.4 Å². The van der Waals surface area contributed by atoms with Gasteiger partial charge in [0.15, 0.2) is 0 Å². The van der Waals surface area contributed by atoms with E-state index in [0.29, 0.717) is 30.3 Å².